The van der Waals surface area contributed by atoms with Crippen molar-refractivity contribution in [3.63, 3.8) is 0 Å². The number of halogens is 5. The fraction of sp³-hybridized carbons (Fsp3) is 0.594. The zero-order valence-electron chi connectivity index (χ0n) is 25.8. The number of nitrogen functional groups attached to an aromatic ring is 1. The van der Waals surface area contributed by atoms with E-state index in [1.807, 2.05) is 6.92 Å². The number of pyridine rings is 1. The maximum Gasteiger partial charge on any atom is 0.417 e. The second-order valence-corrected chi connectivity index (χ2v) is 14.1. The van der Waals surface area contributed by atoms with E-state index in [4.69, 9.17) is 24.9 Å². The molecule has 47 heavy (non-hydrogen) atoms. The van der Waals surface area contributed by atoms with Gasteiger partial charge < -0.3 is 30.2 Å². The van der Waals surface area contributed by atoms with E-state index in [1.165, 1.54) is 0 Å². The SMILES string of the molecule is Cc1c(F)c(N)cc(-c2nc3c4c(nc(OCC5(CN6CC7OCC76)CC5)nc4c2F)N2C[C@H]4CC[C@H](N4)[C@H]2[C@H](C)O3)c1C(F)(F)F. The first-order valence-corrected chi connectivity index (χ1v) is 16.2. The van der Waals surface area contributed by atoms with E-state index >= 15 is 4.39 Å². The van der Waals surface area contributed by atoms with Crippen LogP contribution in [0.5, 0.6) is 11.9 Å². The molecule has 6 atom stereocenters. The number of benzene rings is 1. The number of hydrogen-bond acceptors (Lipinski definition) is 10. The maximum atomic E-state index is 16.8. The van der Waals surface area contributed by atoms with Gasteiger partial charge in [-0.05, 0) is 51.2 Å². The van der Waals surface area contributed by atoms with Gasteiger partial charge in [-0.1, -0.05) is 0 Å². The number of ether oxygens (including phenoxy) is 3. The number of anilines is 2. The molecule has 250 valence electrons. The number of fused-ring (bicyclic) bond motifs is 6. The van der Waals surface area contributed by atoms with Gasteiger partial charge in [-0.25, -0.2) is 13.8 Å². The molecule has 1 saturated carbocycles. The van der Waals surface area contributed by atoms with Crippen molar-refractivity contribution in [2.24, 2.45) is 5.41 Å². The predicted octanol–water partition coefficient (Wildman–Crippen LogP) is 4.21. The molecular weight excluding hydrogens is 625 g/mol. The van der Waals surface area contributed by atoms with E-state index < -0.39 is 52.0 Å². The summed E-state index contributed by atoms with van der Waals surface area (Å²) in [6.07, 6.45) is -1.42. The lowest BCUT2D eigenvalue weighted by Gasteiger charge is -2.55. The second-order valence-electron chi connectivity index (χ2n) is 14.1. The topological polar surface area (TPSA) is 111 Å². The van der Waals surface area contributed by atoms with Crippen LogP contribution in [-0.2, 0) is 10.9 Å². The Bertz CT molecular complexity index is 1820. The molecule has 0 spiro atoms. The Morgan fingerprint density at radius 1 is 1.13 bits per heavy atom. The van der Waals surface area contributed by atoms with Crippen LogP contribution in [0.2, 0.25) is 0 Å². The van der Waals surface area contributed by atoms with Gasteiger partial charge in [0.25, 0.3) is 0 Å². The molecule has 2 aromatic heterocycles. The third-order valence-electron chi connectivity index (χ3n) is 11.1. The summed E-state index contributed by atoms with van der Waals surface area (Å²) in [5, 5.41) is 3.79. The minimum absolute atomic E-state index is 0.0544. The molecule has 1 aromatic carbocycles. The molecule has 3 N–H and O–H groups in total. The van der Waals surface area contributed by atoms with Crippen LogP contribution in [0.25, 0.3) is 22.2 Å². The summed E-state index contributed by atoms with van der Waals surface area (Å²) >= 11 is 0. The molecule has 5 aliphatic heterocycles. The van der Waals surface area contributed by atoms with Crippen molar-refractivity contribution in [2.75, 3.05) is 43.5 Å². The number of likely N-dealkylation sites (tertiary alicyclic amines) is 1. The summed E-state index contributed by atoms with van der Waals surface area (Å²) in [4.78, 5) is 18.1. The first kappa shape index (κ1) is 29.6. The summed E-state index contributed by atoms with van der Waals surface area (Å²) < 4.78 is 92.9. The molecule has 2 bridgehead atoms. The lowest BCUT2D eigenvalue weighted by atomic mass is 9.92. The Morgan fingerprint density at radius 3 is 2.62 bits per heavy atom. The zero-order chi connectivity index (χ0) is 32.6. The number of hydrogen-bond donors (Lipinski definition) is 2. The summed E-state index contributed by atoms with van der Waals surface area (Å²) in [5.74, 6) is -2.08. The van der Waals surface area contributed by atoms with Crippen molar-refractivity contribution in [1.29, 1.82) is 0 Å². The number of nitrogens with one attached hydrogen (secondary N) is 1. The van der Waals surface area contributed by atoms with Gasteiger partial charge in [0.05, 0.1) is 42.7 Å². The molecular formula is C32H34F5N7O3. The van der Waals surface area contributed by atoms with Crippen LogP contribution in [0.15, 0.2) is 6.07 Å². The number of morpholine rings is 1. The highest BCUT2D eigenvalue weighted by Crippen LogP contribution is 2.50. The van der Waals surface area contributed by atoms with Gasteiger partial charge in [-0.15, -0.1) is 0 Å². The number of aromatic nitrogens is 3. The maximum absolute atomic E-state index is 16.8. The Hall–Kier alpha value is -3.56. The third-order valence-corrected chi connectivity index (χ3v) is 11.1. The van der Waals surface area contributed by atoms with Gasteiger partial charge >= 0.3 is 12.2 Å². The van der Waals surface area contributed by atoms with Crippen molar-refractivity contribution in [2.45, 2.75) is 82.1 Å². The number of rotatable bonds is 6. The number of nitrogens with two attached hydrogens (primary N) is 1. The predicted molar refractivity (Wildman–Crippen MR) is 160 cm³/mol. The number of nitrogens with zero attached hydrogens (tertiary/aromatic N) is 5. The average Bonchev–Trinajstić information content (AvgIpc) is 3.71. The standard InChI is InChI=1S/C32H34F5N7O3/c1-13-22(32(35,36)37)16(7-17(38)23(13)33)25-24(34)26-21-28(44-8-15-3-4-18(39-15)27(44)14(2)47-29(21)40-25)42-30(41-26)46-12-31(5-6-31)11-43-9-20-19(43)10-45-20/h7,14-15,18-20,27,39H,3-6,8-12,38H2,1-2H3/t14-,15+,18-,19?,20?,27+/m0/s1. The van der Waals surface area contributed by atoms with Crippen molar-refractivity contribution < 1.29 is 36.2 Å². The monoisotopic (exact) mass is 659 g/mol. The normalized spacial score (nSPS) is 30.1. The zero-order valence-corrected chi connectivity index (χ0v) is 25.8. The minimum Gasteiger partial charge on any atom is -0.472 e. The Balaban J connectivity index is 1.18. The highest BCUT2D eigenvalue weighted by molar-refractivity contribution is 5.97. The Labute approximate surface area is 266 Å². The van der Waals surface area contributed by atoms with Crippen LogP contribution >= 0.6 is 0 Å². The third kappa shape index (κ3) is 4.48. The van der Waals surface area contributed by atoms with Crippen molar-refractivity contribution in [3.8, 4) is 23.1 Å². The van der Waals surface area contributed by atoms with Crippen LogP contribution in [0, 0.1) is 24.0 Å². The highest BCUT2D eigenvalue weighted by Gasteiger charge is 2.54. The fourth-order valence-electron chi connectivity index (χ4n) is 8.32. The van der Waals surface area contributed by atoms with E-state index in [9.17, 15) is 17.6 Å². The summed E-state index contributed by atoms with van der Waals surface area (Å²) in [7, 11) is 0. The molecule has 2 unspecified atom stereocenters. The second kappa shape index (κ2) is 9.98. The Kier molecular flexibility index (Phi) is 6.28. The number of alkyl halides is 3. The van der Waals surface area contributed by atoms with Gasteiger partial charge in [0.2, 0.25) is 5.88 Å². The van der Waals surface area contributed by atoms with Gasteiger partial charge in [-0.3, -0.25) is 4.90 Å². The van der Waals surface area contributed by atoms with Gasteiger partial charge in [0.1, 0.15) is 34.3 Å². The molecule has 0 amide bonds. The molecule has 5 fully saturated rings. The first-order chi connectivity index (χ1) is 22.4. The molecule has 1 aliphatic carbocycles. The highest BCUT2D eigenvalue weighted by atomic mass is 19.4. The van der Waals surface area contributed by atoms with Crippen LogP contribution in [-0.4, -0.2) is 89.1 Å². The van der Waals surface area contributed by atoms with Gasteiger partial charge in [0, 0.05) is 42.7 Å². The molecule has 3 aromatic rings. The lowest BCUT2D eigenvalue weighted by molar-refractivity contribution is -0.218. The first-order valence-electron chi connectivity index (χ1n) is 16.2. The Morgan fingerprint density at radius 2 is 1.94 bits per heavy atom. The molecule has 4 saturated heterocycles. The van der Waals surface area contributed by atoms with Crippen molar-refractivity contribution in [3.05, 3.63) is 28.8 Å². The van der Waals surface area contributed by atoms with Crippen LogP contribution in [0.4, 0.5) is 33.5 Å². The minimum atomic E-state index is -5.03. The van der Waals surface area contributed by atoms with Crippen LogP contribution in [0.3, 0.4) is 0 Å². The molecule has 15 heteroatoms. The largest absolute Gasteiger partial charge is 0.472 e. The van der Waals surface area contributed by atoms with E-state index in [1.54, 1.807) is 0 Å². The van der Waals surface area contributed by atoms with E-state index in [0.717, 1.165) is 58.4 Å². The molecule has 9 rings (SSSR count). The molecule has 6 aliphatic rings. The van der Waals surface area contributed by atoms with Crippen LogP contribution in [0.1, 0.15) is 43.7 Å². The lowest BCUT2D eigenvalue weighted by Crippen LogP contribution is -2.71. The summed E-state index contributed by atoms with van der Waals surface area (Å²) in [6, 6.07) is 1.17. The van der Waals surface area contributed by atoms with E-state index in [2.05, 4.69) is 25.1 Å². The van der Waals surface area contributed by atoms with E-state index in [-0.39, 0.29) is 46.3 Å². The molecule has 0 radical (unpaired) electrons. The summed E-state index contributed by atoms with van der Waals surface area (Å²) in [6.45, 7) is 6.18. The molecule has 10 nitrogen and oxygen atoms in total. The van der Waals surface area contributed by atoms with Crippen LogP contribution < -0.4 is 25.4 Å². The summed E-state index contributed by atoms with van der Waals surface area (Å²) in [5.41, 5.74) is 1.36. The van der Waals surface area contributed by atoms with Gasteiger partial charge in [-0.2, -0.15) is 23.1 Å². The van der Waals surface area contributed by atoms with E-state index in [0.29, 0.717) is 31.1 Å². The van der Waals surface area contributed by atoms with Gasteiger partial charge in [0.15, 0.2) is 5.82 Å². The molecule has 7 heterocycles. The average molecular weight is 660 g/mol. The quantitative estimate of drug-likeness (QED) is 0.295. The smallest absolute Gasteiger partial charge is 0.417 e. The fourth-order valence-corrected chi connectivity index (χ4v) is 8.32. The van der Waals surface area contributed by atoms with Crippen molar-refractivity contribution in [1.82, 2.24) is 25.2 Å². The van der Waals surface area contributed by atoms with Crippen molar-refractivity contribution >= 4 is 22.4 Å². The number of piperazine rings is 1.